The normalized spacial score (nSPS) is 14.7. The van der Waals surface area contributed by atoms with Crippen molar-refractivity contribution in [2.45, 2.75) is 51.5 Å². The maximum absolute atomic E-state index is 13.2. The van der Waals surface area contributed by atoms with Gasteiger partial charge < -0.3 is 4.74 Å². The van der Waals surface area contributed by atoms with Gasteiger partial charge in [0, 0.05) is 5.56 Å². The summed E-state index contributed by atoms with van der Waals surface area (Å²) in [6.07, 6.45) is -2.82. The fourth-order valence-corrected chi connectivity index (χ4v) is 2.18. The highest BCUT2D eigenvalue weighted by Gasteiger charge is 2.38. The van der Waals surface area contributed by atoms with Gasteiger partial charge in [-0.15, -0.1) is 0 Å². The molecule has 0 amide bonds. The summed E-state index contributed by atoms with van der Waals surface area (Å²) in [6, 6.07) is 5.50. The van der Waals surface area contributed by atoms with Crippen LogP contribution in [0.2, 0.25) is 0 Å². The Labute approximate surface area is 137 Å². The van der Waals surface area contributed by atoms with Crippen molar-refractivity contribution in [2.75, 3.05) is 6.61 Å². The van der Waals surface area contributed by atoms with E-state index in [9.17, 15) is 17.4 Å². The van der Waals surface area contributed by atoms with E-state index in [0.29, 0.717) is 12.4 Å². The highest BCUT2D eigenvalue weighted by Crippen LogP contribution is 2.26. The van der Waals surface area contributed by atoms with E-state index >= 15 is 0 Å². The molecule has 0 aliphatic carbocycles. The van der Waals surface area contributed by atoms with Gasteiger partial charge in [-0.25, -0.2) is 4.21 Å². The Morgan fingerprint density at radius 1 is 1.17 bits per heavy atom. The molecule has 0 heterocycles. The maximum Gasteiger partial charge on any atom is 0.434 e. The van der Waals surface area contributed by atoms with Gasteiger partial charge >= 0.3 is 6.18 Å². The van der Waals surface area contributed by atoms with Crippen LogP contribution in [-0.4, -0.2) is 27.5 Å². The minimum atomic E-state index is -4.68. The second-order valence-corrected chi connectivity index (χ2v) is 7.93. The Morgan fingerprint density at radius 2 is 1.74 bits per heavy atom. The first kappa shape index (κ1) is 19.7. The Bertz CT molecular complexity index is 560. The Balaban J connectivity index is 3.05. The quantitative estimate of drug-likeness (QED) is 0.552. The summed E-state index contributed by atoms with van der Waals surface area (Å²) in [5, 5.41) is 0. The van der Waals surface area contributed by atoms with Gasteiger partial charge in [0.2, 0.25) is 0 Å². The van der Waals surface area contributed by atoms with Gasteiger partial charge in [0.1, 0.15) is 16.7 Å². The molecule has 0 aromatic heterocycles. The molecule has 23 heavy (non-hydrogen) atoms. The molecule has 0 aliphatic rings. The first-order valence-electron chi connectivity index (χ1n) is 7.37. The lowest BCUT2D eigenvalue weighted by atomic mass is 10.1. The minimum Gasteiger partial charge on any atom is -0.494 e. The molecule has 0 saturated heterocycles. The number of ether oxygens (including phenoxy) is 1. The van der Waals surface area contributed by atoms with Crippen molar-refractivity contribution in [1.29, 1.82) is 0 Å². The molecule has 3 nitrogen and oxygen atoms in total. The van der Waals surface area contributed by atoms with Gasteiger partial charge in [-0.05, 0) is 51.5 Å². The summed E-state index contributed by atoms with van der Waals surface area (Å²) in [4.78, 5) is 0. The predicted octanol–water partition coefficient (Wildman–Crippen LogP) is 4.68. The average Bonchev–Trinajstić information content (AvgIpc) is 2.43. The topological polar surface area (TPSA) is 38.7 Å². The smallest absolute Gasteiger partial charge is 0.434 e. The number of hydrogen-bond acceptors (Lipinski definition) is 2. The van der Waals surface area contributed by atoms with E-state index in [1.165, 1.54) is 24.3 Å². The third-order valence-electron chi connectivity index (χ3n) is 2.86. The second kappa shape index (κ2) is 7.95. The first-order chi connectivity index (χ1) is 10.6. The van der Waals surface area contributed by atoms with E-state index < -0.39 is 27.6 Å². The Morgan fingerprint density at radius 3 is 2.17 bits per heavy atom. The molecular weight excluding hydrogens is 327 g/mol. The standard InChI is InChI=1S/C16H22F3NO2S/c1-5-6-11-22-13-9-7-12(8-10-13)14(16(17,18)19)20-23(21)15(2,3)4/h7-10H,5-6,11H2,1-4H3/b20-14+/t23-/m0/s1. The molecule has 0 saturated carbocycles. The lowest BCUT2D eigenvalue weighted by molar-refractivity contribution is -0.0578. The van der Waals surface area contributed by atoms with Crippen molar-refractivity contribution in [3.05, 3.63) is 29.8 Å². The van der Waals surface area contributed by atoms with Crippen LogP contribution in [0.4, 0.5) is 13.2 Å². The molecule has 1 rings (SSSR count). The number of unbranched alkanes of at least 4 members (excludes halogenated alkanes) is 1. The summed E-state index contributed by atoms with van der Waals surface area (Å²) in [5.41, 5.74) is -1.26. The number of rotatable bonds is 6. The molecule has 130 valence electrons. The summed E-state index contributed by atoms with van der Waals surface area (Å²) in [5.74, 6) is 0.501. The molecule has 0 fully saturated rings. The summed E-state index contributed by atoms with van der Waals surface area (Å²) < 4.78 is 59.5. The van der Waals surface area contributed by atoms with Crippen LogP contribution >= 0.6 is 0 Å². The van der Waals surface area contributed by atoms with Gasteiger partial charge in [0.15, 0.2) is 5.71 Å². The Kier molecular flexibility index (Phi) is 6.80. The van der Waals surface area contributed by atoms with Crippen molar-refractivity contribution in [3.63, 3.8) is 0 Å². The van der Waals surface area contributed by atoms with Crippen molar-refractivity contribution in [2.24, 2.45) is 4.40 Å². The summed E-state index contributed by atoms with van der Waals surface area (Å²) in [7, 11) is -1.99. The second-order valence-electron chi connectivity index (χ2n) is 6.03. The highest BCUT2D eigenvalue weighted by atomic mass is 32.2. The molecule has 7 heteroatoms. The largest absolute Gasteiger partial charge is 0.494 e. The van der Waals surface area contributed by atoms with E-state index in [2.05, 4.69) is 4.40 Å². The monoisotopic (exact) mass is 349 g/mol. The average molecular weight is 349 g/mol. The summed E-state index contributed by atoms with van der Waals surface area (Å²) in [6.45, 7) is 7.26. The van der Waals surface area contributed by atoms with Gasteiger partial charge in [0.25, 0.3) is 0 Å². The molecule has 0 spiro atoms. The molecule has 0 N–H and O–H groups in total. The summed E-state index contributed by atoms with van der Waals surface area (Å²) >= 11 is 0. The van der Waals surface area contributed by atoms with Crippen molar-refractivity contribution in [3.8, 4) is 5.75 Å². The zero-order valence-corrected chi connectivity index (χ0v) is 14.6. The fraction of sp³-hybridized carbons (Fsp3) is 0.562. The molecule has 1 atom stereocenters. The van der Waals surface area contributed by atoms with E-state index in [0.717, 1.165) is 12.8 Å². The van der Waals surface area contributed by atoms with Crippen LogP contribution in [0.5, 0.6) is 5.75 Å². The first-order valence-corrected chi connectivity index (χ1v) is 8.47. The van der Waals surface area contributed by atoms with E-state index in [-0.39, 0.29) is 5.56 Å². The van der Waals surface area contributed by atoms with Crippen LogP contribution < -0.4 is 4.74 Å². The van der Waals surface area contributed by atoms with Crippen LogP contribution in [0.3, 0.4) is 0 Å². The van der Waals surface area contributed by atoms with Crippen LogP contribution in [0.15, 0.2) is 28.7 Å². The van der Waals surface area contributed by atoms with Crippen LogP contribution in [-0.2, 0) is 11.0 Å². The van der Waals surface area contributed by atoms with Gasteiger partial charge in [-0.3, -0.25) is 0 Å². The number of alkyl halides is 3. The molecule has 0 aliphatic heterocycles. The van der Waals surface area contributed by atoms with Crippen molar-refractivity contribution in [1.82, 2.24) is 0 Å². The van der Waals surface area contributed by atoms with Crippen LogP contribution in [0, 0.1) is 0 Å². The third kappa shape index (κ3) is 6.33. The lowest BCUT2D eigenvalue weighted by Crippen LogP contribution is -2.28. The molecule has 1 aromatic carbocycles. The maximum atomic E-state index is 13.2. The van der Waals surface area contributed by atoms with E-state index in [1.807, 2.05) is 6.92 Å². The number of halogens is 3. The highest BCUT2D eigenvalue weighted by molar-refractivity contribution is 7.85. The number of benzene rings is 1. The zero-order valence-electron chi connectivity index (χ0n) is 13.7. The van der Waals surface area contributed by atoms with Crippen LogP contribution in [0.25, 0.3) is 0 Å². The van der Waals surface area contributed by atoms with E-state index in [4.69, 9.17) is 4.74 Å². The van der Waals surface area contributed by atoms with Gasteiger partial charge in [-0.2, -0.15) is 17.6 Å². The van der Waals surface area contributed by atoms with Gasteiger partial charge in [-0.1, -0.05) is 13.3 Å². The predicted molar refractivity (Wildman–Crippen MR) is 87.3 cm³/mol. The third-order valence-corrected chi connectivity index (χ3v) is 4.26. The Hall–Kier alpha value is -1.37. The van der Waals surface area contributed by atoms with Crippen molar-refractivity contribution >= 4 is 16.7 Å². The van der Waals surface area contributed by atoms with E-state index in [1.54, 1.807) is 20.8 Å². The molecular formula is C16H22F3NO2S. The molecule has 0 bridgehead atoms. The molecule has 0 radical (unpaired) electrons. The SMILES string of the molecule is CCCCOc1ccc(/C(=N\[S@@](=O)C(C)(C)C)C(F)(F)F)cc1. The number of hydrogen-bond donors (Lipinski definition) is 0. The number of nitrogens with zero attached hydrogens (tertiary/aromatic N) is 1. The molecule has 0 unspecified atom stereocenters. The van der Waals surface area contributed by atoms with Crippen LogP contribution in [0.1, 0.15) is 46.1 Å². The molecule has 1 aromatic rings. The van der Waals surface area contributed by atoms with Crippen molar-refractivity contribution < 1.29 is 22.1 Å². The fourth-order valence-electron chi connectivity index (χ4n) is 1.53. The lowest BCUT2D eigenvalue weighted by Gasteiger charge is -2.16. The minimum absolute atomic E-state index is 0.127. The zero-order chi connectivity index (χ0) is 17.7. The van der Waals surface area contributed by atoms with Gasteiger partial charge in [0.05, 0.1) is 11.4 Å².